The van der Waals surface area contributed by atoms with Crippen LogP contribution in [-0.2, 0) is 6.42 Å². The van der Waals surface area contributed by atoms with Crippen molar-refractivity contribution in [1.29, 1.82) is 0 Å². The Morgan fingerprint density at radius 2 is 2.11 bits per heavy atom. The molecule has 0 amide bonds. The van der Waals surface area contributed by atoms with Gasteiger partial charge in [-0.15, -0.1) is 34.0 Å². The molecule has 0 aliphatic heterocycles. The van der Waals surface area contributed by atoms with Crippen LogP contribution in [0.5, 0.6) is 0 Å². The number of rotatable bonds is 3. The highest BCUT2D eigenvalue weighted by Gasteiger charge is 2.14. The lowest BCUT2D eigenvalue weighted by Crippen LogP contribution is -2.00. The van der Waals surface area contributed by atoms with Gasteiger partial charge in [-0.2, -0.15) is 0 Å². The zero-order chi connectivity index (χ0) is 12.7. The molecule has 18 heavy (non-hydrogen) atoms. The van der Waals surface area contributed by atoms with E-state index in [0.717, 1.165) is 15.6 Å². The Morgan fingerprint density at radius 1 is 1.28 bits per heavy atom. The van der Waals surface area contributed by atoms with Gasteiger partial charge in [0, 0.05) is 14.3 Å². The summed E-state index contributed by atoms with van der Waals surface area (Å²) in [6.07, 6.45) is 0.424. The van der Waals surface area contributed by atoms with Gasteiger partial charge in [-0.1, -0.05) is 0 Å². The van der Waals surface area contributed by atoms with Crippen LogP contribution >= 0.6 is 34.0 Å². The summed E-state index contributed by atoms with van der Waals surface area (Å²) in [6, 6.07) is 4.07. The standard InChI is InChI=1S/C13H11NOS3/c1-7-8(2)17-13(14-7)5-9(15)11-6-12-10(18-11)3-4-16-12/h3-4,6H,5H2,1-2H3. The van der Waals surface area contributed by atoms with Crippen molar-refractivity contribution in [3.63, 3.8) is 0 Å². The van der Waals surface area contributed by atoms with Gasteiger partial charge in [0.05, 0.1) is 17.0 Å². The molecular weight excluding hydrogens is 282 g/mol. The number of aromatic nitrogens is 1. The summed E-state index contributed by atoms with van der Waals surface area (Å²) in [6.45, 7) is 4.03. The minimum absolute atomic E-state index is 0.178. The molecule has 3 heterocycles. The van der Waals surface area contributed by atoms with E-state index in [9.17, 15) is 4.79 Å². The van der Waals surface area contributed by atoms with Crippen LogP contribution in [-0.4, -0.2) is 10.8 Å². The Balaban J connectivity index is 1.84. The van der Waals surface area contributed by atoms with Crippen LogP contribution in [0.15, 0.2) is 17.5 Å². The second-order valence-corrected chi connectivity index (χ2v) is 7.43. The van der Waals surface area contributed by atoms with Crippen LogP contribution < -0.4 is 0 Å². The molecule has 0 fully saturated rings. The minimum Gasteiger partial charge on any atom is -0.293 e. The number of carbonyl (C=O) groups is 1. The third kappa shape index (κ3) is 2.13. The number of thiazole rings is 1. The summed E-state index contributed by atoms with van der Waals surface area (Å²) in [5, 5.41) is 2.98. The van der Waals surface area contributed by atoms with Crippen molar-refractivity contribution in [2.45, 2.75) is 20.3 Å². The molecule has 0 N–H and O–H groups in total. The van der Waals surface area contributed by atoms with Gasteiger partial charge in [0.2, 0.25) is 0 Å². The molecule has 3 rings (SSSR count). The van der Waals surface area contributed by atoms with Gasteiger partial charge in [0.1, 0.15) is 5.01 Å². The topological polar surface area (TPSA) is 30.0 Å². The normalized spacial score (nSPS) is 11.2. The maximum absolute atomic E-state index is 12.2. The molecule has 0 aliphatic carbocycles. The number of fused-ring (bicyclic) bond motifs is 1. The van der Waals surface area contributed by atoms with Crippen LogP contribution in [0.3, 0.4) is 0 Å². The van der Waals surface area contributed by atoms with E-state index in [1.807, 2.05) is 19.9 Å². The maximum atomic E-state index is 12.2. The van der Waals surface area contributed by atoms with Gasteiger partial charge < -0.3 is 0 Å². The summed E-state index contributed by atoms with van der Waals surface area (Å²) in [5.74, 6) is 0.178. The molecule has 0 aromatic carbocycles. The summed E-state index contributed by atoms with van der Waals surface area (Å²) in [5.41, 5.74) is 1.04. The number of hydrogen-bond acceptors (Lipinski definition) is 5. The molecule has 0 saturated carbocycles. The van der Waals surface area contributed by atoms with Crippen LogP contribution in [0, 0.1) is 13.8 Å². The van der Waals surface area contributed by atoms with Crippen molar-refractivity contribution < 1.29 is 4.79 Å². The number of aryl methyl sites for hydroxylation is 2. The largest absolute Gasteiger partial charge is 0.293 e. The van der Waals surface area contributed by atoms with E-state index >= 15 is 0 Å². The number of carbonyl (C=O) groups excluding carboxylic acids is 1. The Kier molecular flexibility index (Phi) is 3.05. The number of hydrogen-bond donors (Lipinski definition) is 0. The highest BCUT2D eigenvalue weighted by Crippen LogP contribution is 2.31. The summed E-state index contributed by atoms with van der Waals surface area (Å²) in [4.78, 5) is 18.7. The Morgan fingerprint density at radius 3 is 2.78 bits per heavy atom. The average Bonchev–Trinajstić information content (AvgIpc) is 2.94. The summed E-state index contributed by atoms with van der Waals surface area (Å²) < 4.78 is 2.41. The molecule has 0 bridgehead atoms. The van der Waals surface area contributed by atoms with Gasteiger partial charge in [-0.05, 0) is 31.4 Å². The predicted molar refractivity (Wildman–Crippen MR) is 79.3 cm³/mol. The van der Waals surface area contributed by atoms with Crippen molar-refractivity contribution in [2.75, 3.05) is 0 Å². The van der Waals surface area contributed by atoms with E-state index in [-0.39, 0.29) is 5.78 Å². The number of thiophene rings is 2. The van der Waals surface area contributed by atoms with Gasteiger partial charge >= 0.3 is 0 Å². The monoisotopic (exact) mass is 293 g/mol. The van der Waals surface area contributed by atoms with Crippen LogP contribution in [0.4, 0.5) is 0 Å². The zero-order valence-electron chi connectivity index (χ0n) is 10.0. The van der Waals surface area contributed by atoms with Crippen LogP contribution in [0.2, 0.25) is 0 Å². The first kappa shape index (κ1) is 12.0. The van der Waals surface area contributed by atoms with E-state index in [1.165, 1.54) is 14.3 Å². The van der Waals surface area contributed by atoms with Gasteiger partial charge in [-0.3, -0.25) is 4.79 Å². The molecule has 2 nitrogen and oxygen atoms in total. The molecular formula is C13H11NOS3. The highest BCUT2D eigenvalue weighted by molar-refractivity contribution is 7.27. The third-order valence-electron chi connectivity index (χ3n) is 2.80. The van der Waals surface area contributed by atoms with Crippen molar-refractivity contribution in [3.8, 4) is 0 Å². The van der Waals surface area contributed by atoms with E-state index < -0.39 is 0 Å². The molecule has 0 atom stereocenters. The average molecular weight is 293 g/mol. The second-order valence-electron chi connectivity index (χ2n) is 4.11. The molecule has 0 spiro atoms. The smallest absolute Gasteiger partial charge is 0.179 e. The summed E-state index contributed by atoms with van der Waals surface area (Å²) in [7, 11) is 0. The maximum Gasteiger partial charge on any atom is 0.179 e. The minimum atomic E-state index is 0.178. The van der Waals surface area contributed by atoms with Gasteiger partial charge in [0.15, 0.2) is 5.78 Å². The lowest BCUT2D eigenvalue weighted by molar-refractivity contribution is 0.0997. The molecule has 0 unspecified atom stereocenters. The SMILES string of the molecule is Cc1nc(CC(=O)c2cc3sccc3s2)sc1C. The molecule has 0 saturated heterocycles. The van der Waals surface area contributed by atoms with Crippen molar-refractivity contribution in [3.05, 3.63) is 38.0 Å². The lowest BCUT2D eigenvalue weighted by Gasteiger charge is -1.93. The fourth-order valence-corrected chi connectivity index (χ4v) is 4.72. The van der Waals surface area contributed by atoms with Crippen molar-refractivity contribution in [2.24, 2.45) is 0 Å². The molecule has 92 valence electrons. The van der Waals surface area contributed by atoms with Crippen molar-refractivity contribution in [1.82, 2.24) is 4.98 Å². The molecule has 5 heteroatoms. The molecule has 0 aliphatic rings. The van der Waals surface area contributed by atoms with E-state index in [0.29, 0.717) is 6.42 Å². The summed E-state index contributed by atoms with van der Waals surface area (Å²) >= 11 is 4.89. The molecule has 3 aromatic heterocycles. The van der Waals surface area contributed by atoms with Crippen molar-refractivity contribution >= 4 is 49.2 Å². The van der Waals surface area contributed by atoms with Gasteiger partial charge in [-0.25, -0.2) is 4.98 Å². The van der Waals surface area contributed by atoms with Crippen LogP contribution in [0.25, 0.3) is 9.40 Å². The first-order valence-corrected chi connectivity index (χ1v) is 8.08. The molecule has 0 radical (unpaired) electrons. The fraction of sp³-hybridized carbons (Fsp3) is 0.231. The number of nitrogens with zero attached hydrogens (tertiary/aromatic N) is 1. The van der Waals surface area contributed by atoms with E-state index in [1.54, 1.807) is 34.0 Å². The van der Waals surface area contributed by atoms with E-state index in [4.69, 9.17) is 0 Å². The molecule has 3 aromatic rings. The number of Topliss-reactive ketones (excluding diaryl/α,β-unsaturated/α-hetero) is 1. The number of ketones is 1. The Labute approximate surface area is 117 Å². The highest BCUT2D eigenvalue weighted by atomic mass is 32.1. The van der Waals surface area contributed by atoms with Crippen LogP contribution in [0.1, 0.15) is 25.3 Å². The third-order valence-corrected chi connectivity index (χ3v) is 6.01. The lowest BCUT2D eigenvalue weighted by atomic mass is 10.2. The zero-order valence-corrected chi connectivity index (χ0v) is 12.5. The second kappa shape index (κ2) is 4.57. The Hall–Kier alpha value is -1.04. The Bertz CT molecular complexity index is 672. The quantitative estimate of drug-likeness (QED) is 0.667. The van der Waals surface area contributed by atoms with Gasteiger partial charge in [0.25, 0.3) is 0 Å². The first-order valence-electron chi connectivity index (χ1n) is 5.56. The predicted octanol–water partition coefficient (Wildman–Crippen LogP) is 4.46. The van der Waals surface area contributed by atoms with E-state index in [2.05, 4.69) is 16.4 Å². The fourth-order valence-electron chi connectivity index (χ4n) is 1.74. The first-order chi connectivity index (χ1) is 8.63.